The first kappa shape index (κ1) is 13.4. The SMILES string of the molecule is CCN(CCNC1CCc2cc(Cl)ccc21)C1CC1. The second-order valence-corrected chi connectivity index (χ2v) is 6.18. The first-order chi connectivity index (χ1) is 9.28. The fourth-order valence-corrected chi connectivity index (χ4v) is 3.41. The van der Waals surface area contributed by atoms with Crippen molar-refractivity contribution in [2.24, 2.45) is 0 Å². The Balaban J connectivity index is 1.52. The average molecular weight is 279 g/mol. The van der Waals surface area contributed by atoms with Crippen molar-refractivity contribution in [3.8, 4) is 0 Å². The molecule has 0 aliphatic heterocycles. The Kier molecular flexibility index (Phi) is 4.11. The van der Waals surface area contributed by atoms with Crippen LogP contribution in [-0.4, -0.2) is 30.6 Å². The van der Waals surface area contributed by atoms with E-state index in [-0.39, 0.29) is 0 Å². The molecule has 2 aliphatic carbocycles. The Bertz CT molecular complexity index is 442. The fourth-order valence-electron chi connectivity index (χ4n) is 3.22. The normalized spacial score (nSPS) is 21.9. The number of hydrogen-bond donors (Lipinski definition) is 1. The third-order valence-corrected chi connectivity index (χ3v) is 4.68. The van der Waals surface area contributed by atoms with Crippen LogP contribution in [0.4, 0.5) is 0 Å². The number of nitrogens with zero attached hydrogens (tertiary/aromatic N) is 1. The highest BCUT2D eigenvalue weighted by molar-refractivity contribution is 6.30. The van der Waals surface area contributed by atoms with Gasteiger partial charge < -0.3 is 5.32 Å². The minimum absolute atomic E-state index is 0.533. The van der Waals surface area contributed by atoms with Crippen LogP contribution in [0.15, 0.2) is 18.2 Å². The summed E-state index contributed by atoms with van der Waals surface area (Å²) in [5.74, 6) is 0. The van der Waals surface area contributed by atoms with Crippen LogP contribution in [0.25, 0.3) is 0 Å². The minimum atomic E-state index is 0.533. The van der Waals surface area contributed by atoms with Gasteiger partial charge in [0.1, 0.15) is 0 Å². The van der Waals surface area contributed by atoms with E-state index in [4.69, 9.17) is 11.6 Å². The molecule has 19 heavy (non-hydrogen) atoms. The molecule has 1 atom stereocenters. The number of likely N-dealkylation sites (N-methyl/N-ethyl adjacent to an activating group) is 1. The smallest absolute Gasteiger partial charge is 0.0408 e. The first-order valence-corrected chi connectivity index (χ1v) is 7.91. The van der Waals surface area contributed by atoms with E-state index in [0.29, 0.717) is 6.04 Å². The monoisotopic (exact) mass is 278 g/mol. The van der Waals surface area contributed by atoms with Crippen LogP contribution in [0, 0.1) is 0 Å². The molecule has 0 bridgehead atoms. The maximum Gasteiger partial charge on any atom is 0.0408 e. The summed E-state index contributed by atoms with van der Waals surface area (Å²) in [7, 11) is 0. The van der Waals surface area contributed by atoms with Gasteiger partial charge >= 0.3 is 0 Å². The van der Waals surface area contributed by atoms with E-state index < -0.39 is 0 Å². The van der Waals surface area contributed by atoms with Crippen LogP contribution in [-0.2, 0) is 6.42 Å². The molecule has 1 fully saturated rings. The highest BCUT2D eigenvalue weighted by Gasteiger charge is 2.28. The predicted octanol–water partition coefficient (Wildman–Crippen LogP) is 3.40. The molecule has 0 heterocycles. The Labute approximate surface area is 121 Å². The van der Waals surface area contributed by atoms with Gasteiger partial charge in [0.05, 0.1) is 0 Å². The molecule has 0 saturated heterocycles. The quantitative estimate of drug-likeness (QED) is 0.858. The summed E-state index contributed by atoms with van der Waals surface area (Å²) in [4.78, 5) is 2.60. The highest BCUT2D eigenvalue weighted by atomic mass is 35.5. The van der Waals surface area contributed by atoms with Gasteiger partial charge in [0.2, 0.25) is 0 Å². The second-order valence-electron chi connectivity index (χ2n) is 5.75. The lowest BCUT2D eigenvalue weighted by atomic mass is 10.1. The van der Waals surface area contributed by atoms with E-state index in [1.165, 1.54) is 43.5 Å². The number of nitrogens with one attached hydrogen (secondary N) is 1. The van der Waals surface area contributed by atoms with Gasteiger partial charge in [-0.15, -0.1) is 0 Å². The van der Waals surface area contributed by atoms with Gasteiger partial charge in [-0.05, 0) is 55.5 Å². The number of fused-ring (bicyclic) bond motifs is 1. The van der Waals surface area contributed by atoms with E-state index in [9.17, 15) is 0 Å². The lowest BCUT2D eigenvalue weighted by molar-refractivity contribution is 0.272. The molecular formula is C16H23ClN2. The van der Waals surface area contributed by atoms with Crippen molar-refractivity contribution in [3.63, 3.8) is 0 Å². The second kappa shape index (κ2) is 5.82. The Morgan fingerprint density at radius 2 is 2.16 bits per heavy atom. The van der Waals surface area contributed by atoms with Crippen LogP contribution < -0.4 is 5.32 Å². The standard InChI is InChI=1S/C16H23ClN2/c1-2-19(14-5-6-14)10-9-18-16-8-3-12-11-13(17)4-7-15(12)16/h4,7,11,14,16,18H,2-3,5-6,8-10H2,1H3. The van der Waals surface area contributed by atoms with Crippen molar-refractivity contribution >= 4 is 11.6 Å². The van der Waals surface area contributed by atoms with Crippen molar-refractivity contribution in [3.05, 3.63) is 34.3 Å². The largest absolute Gasteiger partial charge is 0.309 e. The maximum atomic E-state index is 6.05. The fraction of sp³-hybridized carbons (Fsp3) is 0.625. The average Bonchev–Trinajstić information content (AvgIpc) is 3.17. The number of aryl methyl sites for hydroxylation is 1. The van der Waals surface area contributed by atoms with E-state index in [0.717, 1.165) is 24.0 Å². The van der Waals surface area contributed by atoms with Crippen molar-refractivity contribution in [2.75, 3.05) is 19.6 Å². The number of benzene rings is 1. The van der Waals surface area contributed by atoms with E-state index in [2.05, 4.69) is 29.3 Å². The molecule has 104 valence electrons. The van der Waals surface area contributed by atoms with Crippen LogP contribution in [0.5, 0.6) is 0 Å². The number of halogens is 1. The Morgan fingerprint density at radius 1 is 1.32 bits per heavy atom. The summed E-state index contributed by atoms with van der Waals surface area (Å²) in [6, 6.07) is 7.75. The first-order valence-electron chi connectivity index (χ1n) is 7.53. The molecule has 1 aromatic rings. The minimum Gasteiger partial charge on any atom is -0.309 e. The zero-order valence-electron chi connectivity index (χ0n) is 11.7. The molecule has 3 heteroatoms. The molecule has 0 radical (unpaired) electrons. The van der Waals surface area contributed by atoms with Gasteiger partial charge in [0.15, 0.2) is 0 Å². The van der Waals surface area contributed by atoms with E-state index in [1.54, 1.807) is 0 Å². The molecule has 2 aliphatic rings. The van der Waals surface area contributed by atoms with Gasteiger partial charge in [-0.3, -0.25) is 4.90 Å². The molecular weight excluding hydrogens is 256 g/mol. The number of hydrogen-bond acceptors (Lipinski definition) is 2. The van der Waals surface area contributed by atoms with Gasteiger partial charge in [-0.2, -0.15) is 0 Å². The molecule has 1 aromatic carbocycles. The van der Waals surface area contributed by atoms with Crippen LogP contribution in [0.2, 0.25) is 5.02 Å². The lowest BCUT2D eigenvalue weighted by Gasteiger charge is -2.22. The third-order valence-electron chi connectivity index (χ3n) is 4.44. The summed E-state index contributed by atoms with van der Waals surface area (Å²) in [6.07, 6.45) is 5.18. The molecule has 1 saturated carbocycles. The highest BCUT2D eigenvalue weighted by Crippen LogP contribution is 2.32. The zero-order chi connectivity index (χ0) is 13.2. The van der Waals surface area contributed by atoms with Gasteiger partial charge in [-0.25, -0.2) is 0 Å². The topological polar surface area (TPSA) is 15.3 Å². The van der Waals surface area contributed by atoms with Gasteiger partial charge in [-0.1, -0.05) is 24.6 Å². The van der Waals surface area contributed by atoms with Crippen molar-refractivity contribution in [1.82, 2.24) is 10.2 Å². The third kappa shape index (κ3) is 3.13. The molecule has 0 aromatic heterocycles. The summed E-state index contributed by atoms with van der Waals surface area (Å²) in [5.41, 5.74) is 2.89. The summed E-state index contributed by atoms with van der Waals surface area (Å²) in [6.45, 7) is 5.73. The van der Waals surface area contributed by atoms with Crippen LogP contribution >= 0.6 is 11.6 Å². The predicted molar refractivity (Wildman–Crippen MR) is 80.8 cm³/mol. The maximum absolute atomic E-state index is 6.05. The summed E-state index contributed by atoms with van der Waals surface area (Å²) >= 11 is 6.05. The van der Waals surface area contributed by atoms with E-state index >= 15 is 0 Å². The Morgan fingerprint density at radius 3 is 2.89 bits per heavy atom. The molecule has 0 spiro atoms. The number of rotatable bonds is 6. The summed E-state index contributed by atoms with van der Waals surface area (Å²) < 4.78 is 0. The molecule has 0 amide bonds. The summed E-state index contributed by atoms with van der Waals surface area (Å²) in [5, 5.41) is 4.59. The van der Waals surface area contributed by atoms with Crippen molar-refractivity contribution in [2.45, 2.75) is 44.7 Å². The molecule has 1 unspecified atom stereocenters. The van der Waals surface area contributed by atoms with Crippen molar-refractivity contribution < 1.29 is 0 Å². The lowest BCUT2D eigenvalue weighted by Crippen LogP contribution is -2.34. The van der Waals surface area contributed by atoms with Crippen molar-refractivity contribution in [1.29, 1.82) is 0 Å². The van der Waals surface area contributed by atoms with E-state index in [1.807, 2.05) is 6.07 Å². The van der Waals surface area contributed by atoms with Gasteiger partial charge in [0, 0.05) is 30.2 Å². The molecule has 3 rings (SSSR count). The van der Waals surface area contributed by atoms with Crippen LogP contribution in [0.3, 0.4) is 0 Å². The zero-order valence-corrected chi connectivity index (χ0v) is 12.4. The van der Waals surface area contributed by atoms with Gasteiger partial charge in [0.25, 0.3) is 0 Å². The Hall–Kier alpha value is -0.570. The molecule has 1 N–H and O–H groups in total. The molecule has 2 nitrogen and oxygen atoms in total. The van der Waals surface area contributed by atoms with Crippen LogP contribution in [0.1, 0.15) is 43.4 Å².